The number of hydrogen-bond donors (Lipinski definition) is 5. The van der Waals surface area contributed by atoms with E-state index in [1.165, 1.54) is 0 Å². The van der Waals surface area contributed by atoms with E-state index in [-0.39, 0.29) is 6.42 Å². The third-order valence-corrected chi connectivity index (χ3v) is 3.06. The number of nitrogens with one attached hydrogen (secondary N) is 1. The van der Waals surface area contributed by atoms with E-state index < -0.39 is 42.7 Å². The molecule has 0 aromatic carbocycles. The molecule has 1 amide bonds. The number of amides is 1. The van der Waals surface area contributed by atoms with Crippen molar-refractivity contribution in [2.75, 3.05) is 6.61 Å². The van der Waals surface area contributed by atoms with Crippen molar-refractivity contribution in [3.05, 3.63) is 0 Å². The van der Waals surface area contributed by atoms with Crippen molar-refractivity contribution in [2.24, 2.45) is 0 Å². The highest BCUT2D eigenvalue weighted by molar-refractivity contribution is 5.69. The Morgan fingerprint density at radius 2 is 2.07 bits per heavy atom. The lowest BCUT2D eigenvalue weighted by Crippen LogP contribution is -2.72. The molecule has 1 saturated heterocycles. The first kappa shape index (κ1) is 10.6. The van der Waals surface area contributed by atoms with E-state index in [1.807, 2.05) is 0 Å². The summed E-state index contributed by atoms with van der Waals surface area (Å²) in [6.07, 6.45) is -4.94. The van der Waals surface area contributed by atoms with E-state index in [9.17, 15) is 20.1 Å². The summed E-state index contributed by atoms with van der Waals surface area (Å²) in [4.78, 5) is 11.1. The molecule has 86 valence electrons. The number of ether oxygens (including phenoxy) is 1. The van der Waals surface area contributed by atoms with E-state index in [1.54, 1.807) is 0 Å². The maximum absolute atomic E-state index is 11.1. The molecule has 2 fully saturated rings. The average Bonchev–Trinajstić information content (AvgIpc) is 2.23. The van der Waals surface area contributed by atoms with Gasteiger partial charge in [-0.2, -0.15) is 0 Å². The second-order valence-corrected chi connectivity index (χ2v) is 3.99. The fourth-order valence-corrected chi connectivity index (χ4v) is 2.14. The molecule has 1 aliphatic heterocycles. The molecule has 5 unspecified atom stereocenters. The lowest BCUT2D eigenvalue weighted by atomic mass is 9.75. The van der Waals surface area contributed by atoms with Gasteiger partial charge in [0.2, 0.25) is 0 Å². The van der Waals surface area contributed by atoms with Gasteiger partial charge >= 0.3 is 6.09 Å². The van der Waals surface area contributed by atoms with Crippen LogP contribution in [0.4, 0.5) is 4.79 Å². The quantitative estimate of drug-likeness (QED) is 0.328. The lowest BCUT2D eigenvalue weighted by molar-refractivity contribution is -0.219. The zero-order valence-corrected chi connectivity index (χ0v) is 7.83. The minimum Gasteiger partial charge on any atom is -0.438 e. The van der Waals surface area contributed by atoms with Gasteiger partial charge in [-0.3, -0.25) is 0 Å². The number of aliphatic hydroxyl groups is 4. The van der Waals surface area contributed by atoms with E-state index >= 15 is 0 Å². The number of aliphatic hydroxyl groups excluding tert-OH is 4. The van der Waals surface area contributed by atoms with Crippen molar-refractivity contribution < 1.29 is 30.0 Å². The van der Waals surface area contributed by atoms with Gasteiger partial charge in [0, 0.05) is 6.42 Å². The minimum absolute atomic E-state index is 0.0641. The van der Waals surface area contributed by atoms with Gasteiger partial charge in [-0.25, -0.2) is 4.79 Å². The molecule has 2 aliphatic rings. The second kappa shape index (κ2) is 3.31. The van der Waals surface area contributed by atoms with Gasteiger partial charge in [0.15, 0.2) is 5.60 Å². The molecule has 5 atom stereocenters. The Hall–Kier alpha value is -0.890. The molecule has 7 nitrogen and oxygen atoms in total. The summed E-state index contributed by atoms with van der Waals surface area (Å²) in [7, 11) is 0. The molecular formula is C8H13NO6. The van der Waals surface area contributed by atoms with Gasteiger partial charge in [-0.1, -0.05) is 0 Å². The SMILES string of the molecule is O=C1NC2CC(CO)(O1)C(O)C(O)C2O. The normalized spacial score (nSPS) is 49.5. The second-order valence-electron chi connectivity index (χ2n) is 3.99. The third kappa shape index (κ3) is 1.39. The van der Waals surface area contributed by atoms with Crippen LogP contribution in [-0.4, -0.2) is 63.1 Å². The van der Waals surface area contributed by atoms with Crippen LogP contribution in [0.25, 0.3) is 0 Å². The molecule has 7 heteroatoms. The molecule has 0 aromatic rings. The lowest BCUT2D eigenvalue weighted by Gasteiger charge is -2.50. The summed E-state index contributed by atoms with van der Waals surface area (Å²) in [5.74, 6) is 0. The maximum atomic E-state index is 11.1. The molecule has 15 heavy (non-hydrogen) atoms. The minimum atomic E-state index is -1.51. The van der Waals surface area contributed by atoms with Crippen molar-refractivity contribution in [1.29, 1.82) is 0 Å². The number of carbonyl (C=O) groups excluding carboxylic acids is 1. The molecule has 0 aromatic heterocycles. The van der Waals surface area contributed by atoms with Crippen molar-refractivity contribution in [3.63, 3.8) is 0 Å². The predicted molar refractivity (Wildman–Crippen MR) is 45.9 cm³/mol. The van der Waals surface area contributed by atoms with Gasteiger partial charge in [0.1, 0.15) is 18.3 Å². The summed E-state index contributed by atoms with van der Waals surface area (Å²) in [5, 5.41) is 40.1. The molecule has 1 aliphatic carbocycles. The summed E-state index contributed by atoms with van der Waals surface area (Å²) in [5.41, 5.74) is -1.51. The highest BCUT2D eigenvalue weighted by Gasteiger charge is 2.57. The Morgan fingerprint density at radius 3 is 2.67 bits per heavy atom. The van der Waals surface area contributed by atoms with Crippen LogP contribution in [0.3, 0.4) is 0 Å². The highest BCUT2D eigenvalue weighted by atomic mass is 16.6. The van der Waals surface area contributed by atoms with Crippen LogP contribution in [0.5, 0.6) is 0 Å². The monoisotopic (exact) mass is 219 g/mol. The van der Waals surface area contributed by atoms with Gasteiger partial charge < -0.3 is 30.5 Å². The summed E-state index contributed by atoms with van der Waals surface area (Å²) in [6, 6.07) is -0.711. The fraction of sp³-hybridized carbons (Fsp3) is 0.875. The largest absolute Gasteiger partial charge is 0.438 e. The molecule has 1 saturated carbocycles. The fourth-order valence-electron chi connectivity index (χ4n) is 2.14. The van der Waals surface area contributed by atoms with Crippen molar-refractivity contribution in [3.8, 4) is 0 Å². The Kier molecular flexibility index (Phi) is 2.34. The highest BCUT2D eigenvalue weighted by Crippen LogP contribution is 2.35. The zero-order chi connectivity index (χ0) is 11.2. The Bertz CT molecular complexity index is 284. The zero-order valence-electron chi connectivity index (χ0n) is 7.83. The van der Waals surface area contributed by atoms with Crippen LogP contribution in [0.2, 0.25) is 0 Å². The maximum Gasteiger partial charge on any atom is 0.408 e. The molecule has 0 spiro atoms. The van der Waals surface area contributed by atoms with Crippen molar-refractivity contribution in [2.45, 2.75) is 36.4 Å². The summed E-state index contributed by atoms with van der Waals surface area (Å²) in [6.45, 7) is -0.595. The molecule has 1 heterocycles. The standard InChI is InChI=1S/C8H13NO6/c10-2-8-1-3(9-7(14)15-8)4(11)5(12)6(8)13/h3-6,10-13H,1-2H2,(H,9,14). The Balaban J connectivity index is 2.32. The van der Waals surface area contributed by atoms with Gasteiger partial charge in [0.05, 0.1) is 12.6 Å². The number of hydrogen-bond acceptors (Lipinski definition) is 6. The van der Waals surface area contributed by atoms with Gasteiger partial charge in [-0.05, 0) is 0 Å². The first-order valence-corrected chi connectivity index (χ1v) is 4.65. The molecule has 2 bridgehead atoms. The van der Waals surface area contributed by atoms with Crippen LogP contribution in [0.1, 0.15) is 6.42 Å². The third-order valence-electron chi connectivity index (χ3n) is 3.06. The molecule has 5 N–H and O–H groups in total. The van der Waals surface area contributed by atoms with E-state index in [4.69, 9.17) is 9.84 Å². The van der Waals surface area contributed by atoms with Crippen molar-refractivity contribution >= 4 is 6.09 Å². The first-order valence-electron chi connectivity index (χ1n) is 4.65. The molecule has 2 rings (SSSR count). The van der Waals surface area contributed by atoms with E-state index in [0.717, 1.165) is 0 Å². The smallest absolute Gasteiger partial charge is 0.408 e. The van der Waals surface area contributed by atoms with Crippen LogP contribution in [0.15, 0.2) is 0 Å². The van der Waals surface area contributed by atoms with Crippen LogP contribution in [-0.2, 0) is 4.74 Å². The Labute approximate surface area is 85.3 Å². The average molecular weight is 219 g/mol. The summed E-state index contributed by atoms with van der Waals surface area (Å²) >= 11 is 0. The van der Waals surface area contributed by atoms with Crippen LogP contribution < -0.4 is 5.32 Å². The molecular weight excluding hydrogens is 206 g/mol. The predicted octanol–water partition coefficient (Wildman–Crippen LogP) is -2.69. The van der Waals surface area contributed by atoms with E-state index in [0.29, 0.717) is 0 Å². The molecule has 0 radical (unpaired) electrons. The Morgan fingerprint density at radius 1 is 1.40 bits per heavy atom. The van der Waals surface area contributed by atoms with Gasteiger partial charge in [0.25, 0.3) is 0 Å². The van der Waals surface area contributed by atoms with E-state index in [2.05, 4.69) is 5.32 Å². The van der Waals surface area contributed by atoms with Crippen molar-refractivity contribution in [1.82, 2.24) is 5.32 Å². The van der Waals surface area contributed by atoms with Gasteiger partial charge in [-0.15, -0.1) is 0 Å². The summed E-state index contributed by atoms with van der Waals surface area (Å²) < 4.78 is 4.80. The van der Waals surface area contributed by atoms with Crippen LogP contribution in [0, 0.1) is 0 Å². The van der Waals surface area contributed by atoms with Crippen LogP contribution >= 0.6 is 0 Å². The number of carbonyl (C=O) groups is 1. The number of rotatable bonds is 1. The number of alkyl carbamates (subject to hydrolysis) is 1. The topological polar surface area (TPSA) is 119 Å². The first-order chi connectivity index (χ1) is 7.00. The number of fused-ring (bicyclic) bond motifs is 2.